The molecule has 0 saturated carbocycles. The predicted molar refractivity (Wildman–Crippen MR) is 53.9 cm³/mol. The summed E-state index contributed by atoms with van der Waals surface area (Å²) in [6, 6.07) is 0. The fourth-order valence-electron chi connectivity index (χ4n) is 2.10. The third-order valence-electron chi connectivity index (χ3n) is 2.84. The van der Waals surface area contributed by atoms with Crippen LogP contribution >= 0.6 is 0 Å². The van der Waals surface area contributed by atoms with Crippen LogP contribution in [0, 0.1) is 11.3 Å². The highest BCUT2D eigenvalue weighted by Crippen LogP contribution is 2.39. The van der Waals surface area contributed by atoms with Crippen LogP contribution in [0.15, 0.2) is 11.3 Å². The number of Topliss-reactive ketones (excluding diaryl/α,β-unsaturated/α-hetero) is 1. The van der Waals surface area contributed by atoms with Crippen LogP contribution in [0.5, 0.6) is 0 Å². The Morgan fingerprint density at radius 3 is 2.43 bits per heavy atom. The Kier molecular flexibility index (Phi) is 2.72. The van der Waals surface area contributed by atoms with Crippen molar-refractivity contribution in [2.24, 2.45) is 11.3 Å². The second kappa shape index (κ2) is 3.39. The van der Waals surface area contributed by atoms with Crippen molar-refractivity contribution in [1.82, 2.24) is 0 Å². The van der Waals surface area contributed by atoms with Crippen molar-refractivity contribution in [1.29, 1.82) is 0 Å². The van der Waals surface area contributed by atoms with E-state index >= 15 is 0 Å². The summed E-state index contributed by atoms with van der Waals surface area (Å²) >= 11 is 0. The molecule has 0 aromatic rings. The summed E-state index contributed by atoms with van der Waals surface area (Å²) in [5.74, 6) is -0.125. The Hall–Kier alpha value is -0.830. The normalized spacial score (nSPS) is 29.2. The van der Waals surface area contributed by atoms with E-state index in [2.05, 4.69) is 0 Å². The number of hydrogen-bond donors (Lipinski definition) is 2. The lowest BCUT2D eigenvalue weighted by molar-refractivity contribution is -0.126. The molecule has 1 aliphatic rings. The van der Waals surface area contributed by atoms with Crippen LogP contribution in [0.2, 0.25) is 0 Å². The van der Waals surface area contributed by atoms with Gasteiger partial charge in [-0.05, 0) is 13.3 Å². The van der Waals surface area contributed by atoms with Gasteiger partial charge in [0, 0.05) is 11.3 Å². The molecule has 0 radical (unpaired) electrons. The molecule has 0 aliphatic heterocycles. The monoisotopic (exact) mass is 198 g/mol. The van der Waals surface area contributed by atoms with E-state index < -0.39 is 11.5 Å². The van der Waals surface area contributed by atoms with Crippen LogP contribution in [-0.4, -0.2) is 22.1 Å². The van der Waals surface area contributed by atoms with E-state index in [9.17, 15) is 15.0 Å². The second-order valence-electron chi connectivity index (χ2n) is 4.79. The quantitative estimate of drug-likeness (QED) is 0.675. The van der Waals surface area contributed by atoms with E-state index in [-0.39, 0.29) is 23.0 Å². The average molecular weight is 198 g/mol. The summed E-state index contributed by atoms with van der Waals surface area (Å²) < 4.78 is 0. The number of carbonyl (C=O) groups is 1. The fraction of sp³-hybridized carbons (Fsp3) is 0.727. The first-order valence-electron chi connectivity index (χ1n) is 4.93. The Bertz CT molecular complexity index is 287. The topological polar surface area (TPSA) is 57.5 Å². The van der Waals surface area contributed by atoms with Gasteiger partial charge in [0.15, 0.2) is 5.78 Å². The molecule has 0 aromatic carbocycles. The van der Waals surface area contributed by atoms with Gasteiger partial charge >= 0.3 is 0 Å². The molecule has 1 rings (SSSR count). The Balaban J connectivity index is 3.20. The molecule has 1 aliphatic carbocycles. The average Bonchev–Trinajstić information content (AvgIpc) is 2.00. The molecule has 0 heterocycles. The van der Waals surface area contributed by atoms with Crippen molar-refractivity contribution in [3.63, 3.8) is 0 Å². The smallest absolute Gasteiger partial charge is 0.170 e. The van der Waals surface area contributed by atoms with Gasteiger partial charge in [0.2, 0.25) is 0 Å². The van der Waals surface area contributed by atoms with Crippen molar-refractivity contribution in [3.8, 4) is 0 Å². The zero-order valence-corrected chi connectivity index (χ0v) is 9.16. The van der Waals surface area contributed by atoms with E-state index in [1.807, 2.05) is 20.8 Å². The van der Waals surface area contributed by atoms with Crippen molar-refractivity contribution in [3.05, 3.63) is 11.3 Å². The zero-order chi connectivity index (χ0) is 11.1. The van der Waals surface area contributed by atoms with E-state index in [0.29, 0.717) is 6.42 Å². The molecular weight excluding hydrogens is 180 g/mol. The molecule has 2 unspecified atom stereocenters. The van der Waals surface area contributed by atoms with Crippen molar-refractivity contribution < 1.29 is 15.0 Å². The highest BCUT2D eigenvalue weighted by atomic mass is 16.3. The lowest BCUT2D eigenvalue weighted by Crippen LogP contribution is -2.37. The molecule has 0 bridgehead atoms. The van der Waals surface area contributed by atoms with Crippen molar-refractivity contribution >= 4 is 5.78 Å². The third kappa shape index (κ3) is 1.69. The fourth-order valence-corrected chi connectivity index (χ4v) is 2.10. The zero-order valence-electron chi connectivity index (χ0n) is 9.16. The molecule has 0 aromatic heterocycles. The minimum absolute atomic E-state index is 0.0488. The number of hydrogen-bond acceptors (Lipinski definition) is 3. The van der Waals surface area contributed by atoms with Crippen molar-refractivity contribution in [2.75, 3.05) is 0 Å². The SMILES string of the molecule is CC(O)C1=C(O)C(C)CC(C)(C)C1=O. The third-order valence-corrected chi connectivity index (χ3v) is 2.84. The second-order valence-corrected chi connectivity index (χ2v) is 4.79. The van der Waals surface area contributed by atoms with Crippen LogP contribution in [0.25, 0.3) is 0 Å². The number of aliphatic hydroxyl groups is 2. The number of allylic oxidation sites excluding steroid dienone is 1. The van der Waals surface area contributed by atoms with E-state index in [0.717, 1.165) is 0 Å². The van der Waals surface area contributed by atoms with Gasteiger partial charge in [-0.1, -0.05) is 20.8 Å². The Labute approximate surface area is 84.4 Å². The van der Waals surface area contributed by atoms with Crippen LogP contribution in [-0.2, 0) is 4.79 Å². The molecule has 0 spiro atoms. The predicted octanol–water partition coefficient (Wildman–Crippen LogP) is 1.81. The number of aliphatic hydroxyl groups excluding tert-OH is 2. The van der Waals surface area contributed by atoms with Crippen molar-refractivity contribution in [2.45, 2.75) is 40.2 Å². The summed E-state index contributed by atoms with van der Waals surface area (Å²) in [5.41, 5.74) is -0.286. The molecule has 0 saturated heterocycles. The first kappa shape index (κ1) is 11.2. The van der Waals surface area contributed by atoms with E-state index in [1.165, 1.54) is 6.92 Å². The first-order chi connectivity index (χ1) is 6.27. The maximum atomic E-state index is 11.9. The van der Waals surface area contributed by atoms with Gasteiger partial charge in [-0.15, -0.1) is 0 Å². The standard InChI is InChI=1S/C11H18O3/c1-6-5-11(3,4)10(14)8(7(2)12)9(6)13/h6-7,12-13H,5H2,1-4H3. The molecule has 2 atom stereocenters. The van der Waals surface area contributed by atoms with E-state index in [1.54, 1.807) is 0 Å². The van der Waals surface area contributed by atoms with Gasteiger partial charge in [0.05, 0.1) is 11.7 Å². The maximum absolute atomic E-state index is 11.9. The summed E-state index contributed by atoms with van der Waals surface area (Å²) in [5, 5.41) is 19.1. The Morgan fingerprint density at radius 2 is 2.00 bits per heavy atom. The first-order valence-corrected chi connectivity index (χ1v) is 4.93. The molecular formula is C11H18O3. The van der Waals surface area contributed by atoms with Gasteiger partial charge in [0.1, 0.15) is 5.76 Å². The molecule has 3 heteroatoms. The Morgan fingerprint density at radius 1 is 1.50 bits per heavy atom. The molecule has 0 amide bonds. The molecule has 80 valence electrons. The minimum Gasteiger partial charge on any atom is -0.512 e. The lowest BCUT2D eigenvalue weighted by atomic mass is 9.70. The van der Waals surface area contributed by atoms with Gasteiger partial charge in [-0.2, -0.15) is 0 Å². The number of carbonyl (C=O) groups excluding carboxylic acids is 1. The summed E-state index contributed by atoms with van der Waals surface area (Å²) in [7, 11) is 0. The van der Waals surface area contributed by atoms with Crippen LogP contribution < -0.4 is 0 Å². The minimum atomic E-state index is -0.885. The van der Waals surface area contributed by atoms with Crippen LogP contribution in [0.4, 0.5) is 0 Å². The van der Waals surface area contributed by atoms with Crippen LogP contribution in [0.1, 0.15) is 34.1 Å². The lowest BCUT2D eigenvalue weighted by Gasteiger charge is -2.34. The summed E-state index contributed by atoms with van der Waals surface area (Å²) in [6.45, 7) is 7.07. The summed E-state index contributed by atoms with van der Waals surface area (Å²) in [4.78, 5) is 11.9. The molecule has 14 heavy (non-hydrogen) atoms. The molecule has 0 fully saturated rings. The van der Waals surface area contributed by atoms with Crippen LogP contribution in [0.3, 0.4) is 0 Å². The highest BCUT2D eigenvalue weighted by Gasteiger charge is 2.40. The molecule has 3 nitrogen and oxygen atoms in total. The summed E-state index contributed by atoms with van der Waals surface area (Å²) in [6.07, 6.45) is -0.252. The van der Waals surface area contributed by atoms with E-state index in [4.69, 9.17) is 0 Å². The highest BCUT2D eigenvalue weighted by molar-refractivity contribution is 6.01. The van der Waals surface area contributed by atoms with Gasteiger partial charge in [-0.3, -0.25) is 4.79 Å². The number of rotatable bonds is 1. The molecule has 2 N–H and O–H groups in total. The van der Waals surface area contributed by atoms with Gasteiger partial charge < -0.3 is 10.2 Å². The van der Waals surface area contributed by atoms with Gasteiger partial charge in [0.25, 0.3) is 0 Å². The van der Waals surface area contributed by atoms with Gasteiger partial charge in [-0.25, -0.2) is 0 Å². The number of ketones is 1. The maximum Gasteiger partial charge on any atom is 0.170 e. The largest absolute Gasteiger partial charge is 0.512 e.